The lowest BCUT2D eigenvalue weighted by molar-refractivity contribution is -0.149. The van der Waals surface area contributed by atoms with Gasteiger partial charge in [0.25, 0.3) is 0 Å². The van der Waals surface area contributed by atoms with Crippen LogP contribution in [0.4, 0.5) is 0 Å². The maximum atomic E-state index is 12.0. The third kappa shape index (κ3) is 9.05. The molecule has 0 heterocycles. The molecule has 122 valence electrons. The van der Waals surface area contributed by atoms with Crippen LogP contribution in [0.1, 0.15) is 64.7 Å². The van der Waals surface area contributed by atoms with Crippen molar-refractivity contribution in [3.05, 3.63) is 0 Å². The van der Waals surface area contributed by atoms with Crippen molar-refractivity contribution in [2.75, 3.05) is 7.05 Å². The zero-order chi connectivity index (χ0) is 16.3. The third-order valence-electron chi connectivity index (χ3n) is 3.55. The number of nitrogens with two attached hydrogens (primary N) is 1. The SMILES string of the molecule is CCCCCCCCC(=O)N(C)[C@H](CCC(N)=O)C(=O)O. The zero-order valence-electron chi connectivity index (χ0n) is 13.1. The molecular weight excluding hydrogens is 272 g/mol. The lowest BCUT2D eigenvalue weighted by Crippen LogP contribution is -2.42. The Morgan fingerprint density at radius 2 is 1.62 bits per heavy atom. The highest BCUT2D eigenvalue weighted by molar-refractivity contribution is 5.84. The molecule has 0 radical (unpaired) electrons. The average Bonchev–Trinajstić information content (AvgIpc) is 2.41. The molecule has 0 saturated carbocycles. The van der Waals surface area contributed by atoms with E-state index in [-0.39, 0.29) is 18.7 Å². The second-order valence-corrected chi connectivity index (χ2v) is 5.38. The number of rotatable bonds is 12. The van der Waals surface area contributed by atoms with Crippen molar-refractivity contribution in [2.45, 2.75) is 70.8 Å². The number of aliphatic carboxylic acids is 1. The van der Waals surface area contributed by atoms with Crippen molar-refractivity contribution in [2.24, 2.45) is 5.73 Å². The smallest absolute Gasteiger partial charge is 0.326 e. The van der Waals surface area contributed by atoms with Gasteiger partial charge in [-0.1, -0.05) is 39.0 Å². The minimum atomic E-state index is -1.10. The van der Waals surface area contributed by atoms with E-state index in [1.807, 2.05) is 0 Å². The van der Waals surface area contributed by atoms with Crippen molar-refractivity contribution in [1.82, 2.24) is 4.90 Å². The molecule has 6 nitrogen and oxygen atoms in total. The van der Waals surface area contributed by atoms with Crippen LogP contribution in [0.3, 0.4) is 0 Å². The van der Waals surface area contributed by atoms with E-state index >= 15 is 0 Å². The predicted molar refractivity (Wildman–Crippen MR) is 80.6 cm³/mol. The summed E-state index contributed by atoms with van der Waals surface area (Å²) in [5, 5.41) is 9.13. The summed E-state index contributed by atoms with van der Waals surface area (Å²) >= 11 is 0. The Morgan fingerprint density at radius 1 is 1.05 bits per heavy atom. The molecule has 0 spiro atoms. The van der Waals surface area contributed by atoms with E-state index in [0.29, 0.717) is 6.42 Å². The van der Waals surface area contributed by atoms with Gasteiger partial charge in [-0.3, -0.25) is 9.59 Å². The highest BCUT2D eigenvalue weighted by Gasteiger charge is 2.26. The molecular formula is C15H28N2O4. The number of carbonyl (C=O) groups excluding carboxylic acids is 2. The summed E-state index contributed by atoms with van der Waals surface area (Å²) < 4.78 is 0. The lowest BCUT2D eigenvalue weighted by Gasteiger charge is -2.24. The van der Waals surface area contributed by atoms with Gasteiger partial charge in [0.05, 0.1) is 0 Å². The summed E-state index contributed by atoms with van der Waals surface area (Å²) in [7, 11) is 1.47. The topological polar surface area (TPSA) is 101 Å². The number of hydrogen-bond donors (Lipinski definition) is 2. The van der Waals surface area contributed by atoms with Crippen molar-refractivity contribution >= 4 is 17.8 Å². The van der Waals surface area contributed by atoms with Gasteiger partial charge in [-0.25, -0.2) is 4.79 Å². The van der Waals surface area contributed by atoms with Gasteiger partial charge < -0.3 is 15.7 Å². The van der Waals surface area contributed by atoms with Crippen LogP contribution < -0.4 is 5.73 Å². The van der Waals surface area contributed by atoms with Crippen molar-refractivity contribution in [3.8, 4) is 0 Å². The molecule has 0 aliphatic rings. The molecule has 0 aromatic rings. The van der Waals surface area contributed by atoms with Crippen molar-refractivity contribution < 1.29 is 19.5 Å². The van der Waals surface area contributed by atoms with Gasteiger partial charge in [-0.15, -0.1) is 0 Å². The van der Waals surface area contributed by atoms with Gasteiger partial charge in [0.1, 0.15) is 6.04 Å². The largest absolute Gasteiger partial charge is 0.480 e. The molecule has 0 aliphatic carbocycles. The van der Waals surface area contributed by atoms with Crippen LogP contribution in [0.25, 0.3) is 0 Å². The number of likely N-dealkylation sites (N-methyl/N-ethyl adjacent to an activating group) is 1. The number of carbonyl (C=O) groups is 3. The summed E-state index contributed by atoms with van der Waals surface area (Å²) in [4.78, 5) is 35.1. The van der Waals surface area contributed by atoms with Crippen LogP contribution in [0, 0.1) is 0 Å². The molecule has 0 rings (SSSR count). The molecule has 0 aromatic carbocycles. The monoisotopic (exact) mass is 300 g/mol. The fourth-order valence-corrected chi connectivity index (χ4v) is 2.17. The number of amides is 2. The number of unbranched alkanes of at least 4 members (excludes halogenated alkanes) is 5. The molecule has 0 unspecified atom stereocenters. The van der Waals surface area contributed by atoms with Crippen molar-refractivity contribution in [1.29, 1.82) is 0 Å². The van der Waals surface area contributed by atoms with Crippen LogP contribution in [-0.4, -0.2) is 40.9 Å². The minimum absolute atomic E-state index is 0.0361. The van der Waals surface area contributed by atoms with Gasteiger partial charge in [0.2, 0.25) is 11.8 Å². The fourth-order valence-electron chi connectivity index (χ4n) is 2.17. The van der Waals surface area contributed by atoms with Crippen LogP contribution in [0.2, 0.25) is 0 Å². The number of carboxylic acids is 1. The average molecular weight is 300 g/mol. The van der Waals surface area contributed by atoms with Gasteiger partial charge in [-0.2, -0.15) is 0 Å². The van der Waals surface area contributed by atoms with Gasteiger partial charge in [0.15, 0.2) is 0 Å². The standard InChI is InChI=1S/C15H28N2O4/c1-3-4-5-6-7-8-9-14(19)17(2)12(15(20)21)10-11-13(16)18/h12H,3-11H2,1-2H3,(H2,16,18)(H,20,21)/t12-/m1/s1. The van der Waals surface area contributed by atoms with Crippen molar-refractivity contribution in [3.63, 3.8) is 0 Å². The summed E-state index contributed by atoms with van der Waals surface area (Å²) in [5.41, 5.74) is 5.02. The number of nitrogens with zero attached hydrogens (tertiary/aromatic N) is 1. The quantitative estimate of drug-likeness (QED) is 0.538. The maximum absolute atomic E-state index is 12.0. The first-order valence-electron chi connectivity index (χ1n) is 7.66. The number of primary amides is 1. The summed E-state index contributed by atoms with van der Waals surface area (Å²) in [6.45, 7) is 2.15. The third-order valence-corrected chi connectivity index (χ3v) is 3.55. The minimum Gasteiger partial charge on any atom is -0.480 e. The van der Waals surface area contributed by atoms with Crippen LogP contribution in [-0.2, 0) is 14.4 Å². The van der Waals surface area contributed by atoms with E-state index in [0.717, 1.165) is 19.3 Å². The Kier molecular flexibility index (Phi) is 10.3. The predicted octanol–water partition coefficient (Wildman–Crippen LogP) is 1.91. The first kappa shape index (κ1) is 19.4. The molecule has 1 atom stereocenters. The zero-order valence-corrected chi connectivity index (χ0v) is 13.1. The first-order valence-corrected chi connectivity index (χ1v) is 7.66. The van der Waals surface area contributed by atoms with Gasteiger partial charge in [-0.05, 0) is 12.8 Å². The molecule has 3 N–H and O–H groups in total. The summed E-state index contributed by atoms with van der Waals surface area (Å²) in [6.07, 6.45) is 6.81. The Bertz CT molecular complexity index is 345. The Balaban J connectivity index is 4.12. The second-order valence-electron chi connectivity index (χ2n) is 5.38. The highest BCUT2D eigenvalue weighted by Crippen LogP contribution is 2.11. The van der Waals surface area contributed by atoms with E-state index in [2.05, 4.69) is 6.92 Å². The van der Waals surface area contributed by atoms with E-state index in [9.17, 15) is 14.4 Å². The Morgan fingerprint density at radius 3 is 2.14 bits per heavy atom. The molecule has 0 saturated heterocycles. The second kappa shape index (κ2) is 11.1. The van der Waals surface area contributed by atoms with Crippen LogP contribution in [0.15, 0.2) is 0 Å². The summed E-state index contributed by atoms with van der Waals surface area (Å²) in [5.74, 6) is -1.85. The van der Waals surface area contributed by atoms with E-state index in [4.69, 9.17) is 10.8 Å². The van der Waals surface area contributed by atoms with Crippen LogP contribution in [0.5, 0.6) is 0 Å². The maximum Gasteiger partial charge on any atom is 0.326 e. The normalized spacial score (nSPS) is 11.9. The highest BCUT2D eigenvalue weighted by atomic mass is 16.4. The number of carboxylic acid groups (broad SMARTS) is 1. The fraction of sp³-hybridized carbons (Fsp3) is 0.800. The molecule has 0 aromatic heterocycles. The van der Waals surface area contributed by atoms with Crippen LogP contribution >= 0.6 is 0 Å². The van der Waals surface area contributed by atoms with E-state index in [1.54, 1.807) is 0 Å². The molecule has 2 amide bonds. The Labute approximate surface area is 126 Å². The van der Waals surface area contributed by atoms with E-state index < -0.39 is 17.9 Å². The van der Waals surface area contributed by atoms with Gasteiger partial charge >= 0.3 is 5.97 Å². The summed E-state index contributed by atoms with van der Waals surface area (Å²) in [6, 6.07) is -0.981. The molecule has 6 heteroatoms. The molecule has 0 bridgehead atoms. The molecule has 21 heavy (non-hydrogen) atoms. The van der Waals surface area contributed by atoms with Gasteiger partial charge in [0, 0.05) is 19.9 Å². The Hall–Kier alpha value is -1.59. The molecule has 0 fully saturated rings. The molecule has 0 aliphatic heterocycles. The lowest BCUT2D eigenvalue weighted by atomic mass is 10.1. The van der Waals surface area contributed by atoms with E-state index in [1.165, 1.54) is 31.2 Å². The first-order chi connectivity index (χ1) is 9.90. The number of hydrogen-bond acceptors (Lipinski definition) is 3.